The van der Waals surface area contributed by atoms with Crippen LogP contribution in [0.15, 0.2) is 9.59 Å². The molecule has 0 saturated heterocycles. The Labute approximate surface area is 95.7 Å². The van der Waals surface area contributed by atoms with E-state index >= 15 is 0 Å². The summed E-state index contributed by atoms with van der Waals surface area (Å²) < 4.78 is 3.51. The molecule has 0 fully saturated rings. The first kappa shape index (κ1) is 11.5. The van der Waals surface area contributed by atoms with Crippen molar-refractivity contribution in [3.63, 3.8) is 0 Å². The van der Waals surface area contributed by atoms with Crippen molar-refractivity contribution in [2.45, 2.75) is 33.9 Å². The van der Waals surface area contributed by atoms with Crippen molar-refractivity contribution < 1.29 is 0 Å². The Hall–Kier alpha value is -0.590. The molecule has 0 amide bonds. The van der Waals surface area contributed by atoms with Gasteiger partial charge in [0.2, 0.25) is 0 Å². The molecule has 0 aliphatic heterocycles. The van der Waals surface area contributed by atoms with E-state index in [0.29, 0.717) is 16.7 Å². The third-order valence-corrected chi connectivity index (χ3v) is 3.49. The van der Waals surface area contributed by atoms with Gasteiger partial charge in [-0.15, -0.1) is 0 Å². The summed E-state index contributed by atoms with van der Waals surface area (Å²) in [4.78, 5) is 23.4. The van der Waals surface area contributed by atoms with Gasteiger partial charge in [-0.1, -0.05) is 0 Å². The maximum absolute atomic E-state index is 11.7. The summed E-state index contributed by atoms with van der Waals surface area (Å²) in [6, 6.07) is 0. The highest BCUT2D eigenvalue weighted by molar-refractivity contribution is 14.1. The van der Waals surface area contributed by atoms with E-state index in [1.807, 2.05) is 29.5 Å². The summed E-state index contributed by atoms with van der Waals surface area (Å²) in [5.74, 6) is 0. The van der Waals surface area contributed by atoms with E-state index in [1.165, 1.54) is 4.57 Å². The molecule has 1 aromatic heterocycles. The van der Waals surface area contributed by atoms with E-state index in [9.17, 15) is 9.59 Å². The van der Waals surface area contributed by atoms with Gasteiger partial charge in [0.25, 0.3) is 5.56 Å². The molecule has 5 heteroatoms. The molecular weight excluding hydrogens is 295 g/mol. The zero-order valence-electron chi connectivity index (χ0n) is 8.50. The monoisotopic (exact) mass is 308 g/mol. The lowest BCUT2D eigenvalue weighted by Gasteiger charge is -2.11. The van der Waals surface area contributed by atoms with E-state index in [4.69, 9.17) is 0 Å². The van der Waals surface area contributed by atoms with Crippen molar-refractivity contribution in [1.29, 1.82) is 0 Å². The van der Waals surface area contributed by atoms with Crippen LogP contribution in [-0.2, 0) is 13.1 Å². The molecule has 0 atom stereocenters. The van der Waals surface area contributed by atoms with Gasteiger partial charge in [0.15, 0.2) is 0 Å². The van der Waals surface area contributed by atoms with Gasteiger partial charge in [0, 0.05) is 18.8 Å². The highest BCUT2D eigenvalue weighted by Gasteiger charge is 2.11. The van der Waals surface area contributed by atoms with Gasteiger partial charge in [0.05, 0.1) is 3.57 Å². The largest absolute Gasteiger partial charge is 0.331 e. The predicted molar refractivity (Wildman–Crippen MR) is 63.8 cm³/mol. The Morgan fingerprint density at radius 1 is 1.14 bits per heavy atom. The number of nitrogens with zero attached hydrogens (tertiary/aromatic N) is 2. The SMILES string of the molecule is CCn1c(C)c(I)c(=O)n(CC)c1=O. The van der Waals surface area contributed by atoms with Crippen molar-refractivity contribution in [3.05, 3.63) is 30.1 Å². The zero-order valence-corrected chi connectivity index (χ0v) is 10.7. The molecule has 1 heterocycles. The summed E-state index contributed by atoms with van der Waals surface area (Å²) in [5.41, 5.74) is 0.367. The number of aromatic nitrogens is 2. The minimum Gasteiger partial charge on any atom is -0.297 e. The van der Waals surface area contributed by atoms with Crippen molar-refractivity contribution in [3.8, 4) is 0 Å². The maximum Gasteiger partial charge on any atom is 0.331 e. The van der Waals surface area contributed by atoms with E-state index < -0.39 is 0 Å². The van der Waals surface area contributed by atoms with Crippen LogP contribution in [0, 0.1) is 10.5 Å². The Morgan fingerprint density at radius 2 is 1.64 bits per heavy atom. The summed E-state index contributed by atoms with van der Waals surface area (Å²) in [7, 11) is 0. The molecule has 0 aliphatic rings. The smallest absolute Gasteiger partial charge is 0.297 e. The quantitative estimate of drug-likeness (QED) is 0.764. The zero-order chi connectivity index (χ0) is 10.9. The standard InChI is InChI=1S/C9H13IN2O2/c1-4-11-6(3)7(10)8(13)12(5-2)9(11)14/h4-5H2,1-3H3. The Bertz CT molecular complexity index is 459. The highest BCUT2D eigenvalue weighted by Crippen LogP contribution is 2.03. The average Bonchev–Trinajstić information content (AvgIpc) is 2.16. The second-order valence-electron chi connectivity index (χ2n) is 2.98. The third-order valence-electron chi connectivity index (χ3n) is 2.25. The summed E-state index contributed by atoms with van der Waals surface area (Å²) in [6.07, 6.45) is 0. The maximum atomic E-state index is 11.7. The molecule has 4 nitrogen and oxygen atoms in total. The fourth-order valence-corrected chi connectivity index (χ4v) is 2.00. The number of halogens is 1. The Kier molecular flexibility index (Phi) is 3.52. The summed E-state index contributed by atoms with van der Waals surface area (Å²) >= 11 is 1.99. The van der Waals surface area contributed by atoms with Gasteiger partial charge in [-0.25, -0.2) is 4.79 Å². The van der Waals surface area contributed by atoms with Crippen LogP contribution in [-0.4, -0.2) is 9.13 Å². The molecule has 0 saturated carbocycles. The average molecular weight is 308 g/mol. The first-order valence-corrected chi connectivity index (χ1v) is 5.62. The van der Waals surface area contributed by atoms with E-state index in [-0.39, 0.29) is 11.2 Å². The molecular formula is C9H13IN2O2. The Balaban J connectivity index is 3.74. The molecule has 0 spiro atoms. The molecule has 0 radical (unpaired) electrons. The first-order valence-electron chi connectivity index (χ1n) is 4.54. The van der Waals surface area contributed by atoms with Gasteiger partial charge in [-0.3, -0.25) is 13.9 Å². The number of hydrogen-bond acceptors (Lipinski definition) is 2. The minimum atomic E-state index is -0.210. The molecule has 0 aliphatic carbocycles. The van der Waals surface area contributed by atoms with E-state index in [0.717, 1.165) is 5.69 Å². The van der Waals surface area contributed by atoms with Crippen molar-refractivity contribution in [1.82, 2.24) is 9.13 Å². The third kappa shape index (κ3) is 1.65. The molecule has 0 unspecified atom stereocenters. The first-order chi connectivity index (χ1) is 6.54. The number of rotatable bonds is 2. The molecule has 0 aromatic carbocycles. The molecule has 0 N–H and O–H groups in total. The topological polar surface area (TPSA) is 44.0 Å². The molecule has 14 heavy (non-hydrogen) atoms. The van der Waals surface area contributed by atoms with Crippen LogP contribution < -0.4 is 11.2 Å². The lowest BCUT2D eigenvalue weighted by atomic mass is 10.4. The van der Waals surface area contributed by atoms with E-state index in [1.54, 1.807) is 18.4 Å². The van der Waals surface area contributed by atoms with Crippen LogP contribution in [0.5, 0.6) is 0 Å². The second-order valence-corrected chi connectivity index (χ2v) is 4.05. The normalized spacial score (nSPS) is 10.6. The summed E-state index contributed by atoms with van der Waals surface area (Å²) in [6.45, 7) is 6.52. The fraction of sp³-hybridized carbons (Fsp3) is 0.556. The molecule has 1 aromatic rings. The highest BCUT2D eigenvalue weighted by atomic mass is 127. The van der Waals surface area contributed by atoms with E-state index in [2.05, 4.69) is 0 Å². The molecule has 0 bridgehead atoms. The van der Waals surface area contributed by atoms with Gasteiger partial charge < -0.3 is 0 Å². The van der Waals surface area contributed by atoms with Crippen LogP contribution in [0.25, 0.3) is 0 Å². The van der Waals surface area contributed by atoms with Gasteiger partial charge in [-0.2, -0.15) is 0 Å². The van der Waals surface area contributed by atoms with Crippen LogP contribution in [0.3, 0.4) is 0 Å². The van der Waals surface area contributed by atoms with Crippen LogP contribution in [0.4, 0.5) is 0 Å². The second kappa shape index (κ2) is 4.29. The van der Waals surface area contributed by atoms with Gasteiger partial charge in [-0.05, 0) is 43.4 Å². The fourth-order valence-electron chi connectivity index (χ4n) is 1.42. The van der Waals surface area contributed by atoms with Crippen molar-refractivity contribution >= 4 is 22.6 Å². The number of hydrogen-bond donors (Lipinski definition) is 0. The van der Waals surface area contributed by atoms with Crippen LogP contribution >= 0.6 is 22.6 Å². The van der Waals surface area contributed by atoms with Gasteiger partial charge in [0.1, 0.15) is 0 Å². The van der Waals surface area contributed by atoms with Crippen LogP contribution in [0.1, 0.15) is 19.5 Å². The van der Waals surface area contributed by atoms with Crippen molar-refractivity contribution in [2.24, 2.45) is 0 Å². The van der Waals surface area contributed by atoms with Crippen molar-refractivity contribution in [2.75, 3.05) is 0 Å². The predicted octanol–water partition coefficient (Wildman–Crippen LogP) is 0.963. The lowest BCUT2D eigenvalue weighted by Crippen LogP contribution is -2.42. The summed E-state index contributed by atoms with van der Waals surface area (Å²) in [5, 5.41) is 0. The Morgan fingerprint density at radius 3 is 2.07 bits per heavy atom. The minimum absolute atomic E-state index is 0.180. The van der Waals surface area contributed by atoms with Crippen LogP contribution in [0.2, 0.25) is 0 Å². The lowest BCUT2D eigenvalue weighted by molar-refractivity contribution is 0.569. The molecule has 78 valence electrons. The molecule has 1 rings (SSSR count). The van der Waals surface area contributed by atoms with Gasteiger partial charge >= 0.3 is 5.69 Å².